The van der Waals surface area contributed by atoms with E-state index in [9.17, 15) is 0 Å². The molecule has 0 saturated carbocycles. The van der Waals surface area contributed by atoms with Crippen LogP contribution in [0.2, 0.25) is 10.3 Å². The molecule has 0 aliphatic heterocycles. The first-order valence-corrected chi connectivity index (χ1v) is 5.17. The van der Waals surface area contributed by atoms with E-state index < -0.39 is 0 Å². The molecule has 88 valence electrons. The van der Waals surface area contributed by atoms with Gasteiger partial charge in [-0.1, -0.05) is 23.2 Å². The van der Waals surface area contributed by atoms with Gasteiger partial charge < -0.3 is 0 Å². The van der Waals surface area contributed by atoms with Crippen LogP contribution in [0.4, 0.5) is 0 Å². The number of hydrogen-bond donors (Lipinski definition) is 0. The van der Waals surface area contributed by atoms with Crippen molar-refractivity contribution in [3.8, 4) is 12.1 Å². The Hall–Kier alpha value is -2.28. The van der Waals surface area contributed by atoms with Crippen molar-refractivity contribution in [2.24, 2.45) is 0 Å². The van der Waals surface area contributed by atoms with Gasteiger partial charge in [-0.25, -0.2) is 19.9 Å². The first-order chi connectivity index (χ1) is 8.69. The van der Waals surface area contributed by atoms with E-state index in [2.05, 4.69) is 19.9 Å². The highest BCUT2D eigenvalue weighted by Crippen LogP contribution is 2.05. The van der Waals surface area contributed by atoms with Gasteiger partial charge in [-0.2, -0.15) is 10.5 Å². The maximum Gasteiger partial charge on any atom is 0.177 e. The molecule has 6 nitrogen and oxygen atoms in total. The second-order valence-corrected chi connectivity index (χ2v) is 3.33. The van der Waals surface area contributed by atoms with Gasteiger partial charge in [-0.05, 0) is 0 Å². The lowest BCUT2D eigenvalue weighted by Gasteiger charge is -1.86. The molecule has 0 N–H and O–H groups in total. The van der Waals surface area contributed by atoms with Gasteiger partial charge in [-0.3, -0.25) is 0 Å². The van der Waals surface area contributed by atoms with Crippen molar-refractivity contribution in [2.45, 2.75) is 0 Å². The molecule has 2 rings (SSSR count). The Morgan fingerprint density at radius 2 is 1.06 bits per heavy atom. The van der Waals surface area contributed by atoms with Crippen molar-refractivity contribution in [1.29, 1.82) is 10.5 Å². The normalized spacial score (nSPS) is 8.44. The molecule has 0 saturated heterocycles. The molecular weight excluding hydrogens is 275 g/mol. The van der Waals surface area contributed by atoms with Gasteiger partial charge in [0.2, 0.25) is 0 Å². The van der Waals surface area contributed by atoms with Gasteiger partial charge in [0.15, 0.2) is 21.7 Å². The Labute approximate surface area is 112 Å². The maximum absolute atomic E-state index is 8.28. The number of nitrogens with zero attached hydrogens (tertiary/aromatic N) is 6. The number of aromatic nitrogens is 4. The average molecular weight is 279 g/mol. The van der Waals surface area contributed by atoms with Crippen LogP contribution in [0.15, 0.2) is 24.8 Å². The largest absolute Gasteiger partial charge is 0.241 e. The van der Waals surface area contributed by atoms with Crippen LogP contribution in [-0.2, 0) is 0 Å². The van der Waals surface area contributed by atoms with Gasteiger partial charge in [0.1, 0.15) is 12.1 Å². The third kappa shape index (κ3) is 3.95. The summed E-state index contributed by atoms with van der Waals surface area (Å²) in [5.41, 5.74) is 0.332. The minimum atomic E-state index is 0.153. The zero-order valence-corrected chi connectivity index (χ0v) is 10.3. The van der Waals surface area contributed by atoms with Crippen LogP contribution in [0.1, 0.15) is 11.4 Å². The summed E-state index contributed by atoms with van der Waals surface area (Å²) in [4.78, 5) is 14.5. The van der Waals surface area contributed by atoms with Gasteiger partial charge in [0.25, 0.3) is 0 Å². The SMILES string of the molecule is N#Cc1nccnc1Cl.N#Cc1nccnc1Cl. The van der Waals surface area contributed by atoms with E-state index in [1.807, 2.05) is 0 Å². The van der Waals surface area contributed by atoms with Gasteiger partial charge >= 0.3 is 0 Å². The Bertz CT molecular complexity index is 561. The molecule has 0 spiro atoms. The molecule has 2 aromatic rings. The van der Waals surface area contributed by atoms with E-state index in [-0.39, 0.29) is 21.7 Å². The lowest BCUT2D eigenvalue weighted by atomic mass is 10.5. The summed E-state index contributed by atoms with van der Waals surface area (Å²) in [6.45, 7) is 0. The van der Waals surface area contributed by atoms with Crippen molar-refractivity contribution in [3.05, 3.63) is 46.5 Å². The molecule has 0 fully saturated rings. The van der Waals surface area contributed by atoms with Gasteiger partial charge in [-0.15, -0.1) is 0 Å². The quantitative estimate of drug-likeness (QED) is 0.731. The molecule has 0 aromatic carbocycles. The summed E-state index contributed by atoms with van der Waals surface area (Å²) in [5.74, 6) is 0. The predicted molar refractivity (Wildman–Crippen MR) is 63.5 cm³/mol. The summed E-state index contributed by atoms with van der Waals surface area (Å²) >= 11 is 10.9. The fourth-order valence-electron chi connectivity index (χ4n) is 0.792. The van der Waals surface area contributed by atoms with Crippen molar-refractivity contribution < 1.29 is 0 Å². The lowest BCUT2D eigenvalue weighted by molar-refractivity contribution is 1.16. The molecule has 8 heteroatoms. The second-order valence-electron chi connectivity index (χ2n) is 2.62. The molecule has 0 amide bonds. The molecule has 0 radical (unpaired) electrons. The Morgan fingerprint density at radius 1 is 0.722 bits per heavy atom. The first-order valence-electron chi connectivity index (χ1n) is 4.42. The summed E-state index contributed by atoms with van der Waals surface area (Å²) in [6, 6.07) is 3.58. The highest BCUT2D eigenvalue weighted by atomic mass is 35.5. The Kier molecular flexibility index (Phi) is 5.46. The summed E-state index contributed by atoms with van der Waals surface area (Å²) < 4.78 is 0. The minimum absolute atomic E-state index is 0.153. The molecule has 2 aromatic heterocycles. The fourth-order valence-corrected chi connectivity index (χ4v) is 1.09. The zero-order valence-electron chi connectivity index (χ0n) is 8.75. The minimum Gasteiger partial charge on any atom is -0.241 e. The number of nitriles is 2. The molecule has 18 heavy (non-hydrogen) atoms. The topological polar surface area (TPSA) is 99.1 Å². The maximum atomic E-state index is 8.28. The molecule has 0 bridgehead atoms. The van der Waals surface area contributed by atoms with Crippen LogP contribution >= 0.6 is 23.2 Å². The fraction of sp³-hybridized carbons (Fsp3) is 0. The van der Waals surface area contributed by atoms with E-state index in [1.165, 1.54) is 24.8 Å². The van der Waals surface area contributed by atoms with Crippen molar-refractivity contribution >= 4 is 23.2 Å². The molecule has 0 unspecified atom stereocenters. The number of halogens is 2. The van der Waals surface area contributed by atoms with E-state index in [1.54, 1.807) is 12.1 Å². The van der Waals surface area contributed by atoms with E-state index in [0.717, 1.165) is 0 Å². The summed E-state index contributed by atoms with van der Waals surface area (Å²) in [5, 5.41) is 16.9. The molecule has 0 aliphatic rings. The van der Waals surface area contributed by atoms with Gasteiger partial charge in [0, 0.05) is 24.8 Å². The summed E-state index contributed by atoms with van der Waals surface area (Å²) in [7, 11) is 0. The predicted octanol–water partition coefficient (Wildman–Crippen LogP) is 2.00. The zero-order chi connectivity index (χ0) is 13.4. The highest BCUT2D eigenvalue weighted by molar-refractivity contribution is 6.30. The summed E-state index contributed by atoms with van der Waals surface area (Å²) in [6.07, 6.45) is 5.71. The van der Waals surface area contributed by atoms with E-state index in [0.29, 0.717) is 0 Å². The Morgan fingerprint density at radius 3 is 1.28 bits per heavy atom. The van der Waals surface area contributed by atoms with Crippen molar-refractivity contribution in [2.75, 3.05) is 0 Å². The third-order valence-corrected chi connectivity index (χ3v) is 2.07. The van der Waals surface area contributed by atoms with Crippen LogP contribution in [0, 0.1) is 22.7 Å². The molecule has 0 aliphatic carbocycles. The van der Waals surface area contributed by atoms with E-state index in [4.69, 9.17) is 33.7 Å². The van der Waals surface area contributed by atoms with Crippen LogP contribution in [0.5, 0.6) is 0 Å². The van der Waals surface area contributed by atoms with Crippen molar-refractivity contribution in [3.63, 3.8) is 0 Å². The molecular formula is C10H4Cl2N6. The smallest absolute Gasteiger partial charge is 0.177 e. The first kappa shape index (κ1) is 13.8. The lowest BCUT2D eigenvalue weighted by Crippen LogP contribution is -1.84. The van der Waals surface area contributed by atoms with Gasteiger partial charge in [0.05, 0.1) is 0 Å². The van der Waals surface area contributed by atoms with E-state index >= 15 is 0 Å². The standard InChI is InChI=1S/2C5H2ClN3/c2*6-5-4(3-7)8-1-2-9-5/h2*1-2H. The second kappa shape index (κ2) is 7.13. The monoisotopic (exact) mass is 278 g/mol. The molecule has 2 heterocycles. The highest BCUT2D eigenvalue weighted by Gasteiger charge is 1.97. The number of hydrogen-bond acceptors (Lipinski definition) is 6. The molecule has 0 atom stereocenters. The van der Waals surface area contributed by atoms with Crippen molar-refractivity contribution in [1.82, 2.24) is 19.9 Å². The van der Waals surface area contributed by atoms with Crippen LogP contribution in [-0.4, -0.2) is 19.9 Å². The van der Waals surface area contributed by atoms with Crippen LogP contribution < -0.4 is 0 Å². The average Bonchev–Trinajstić information content (AvgIpc) is 2.41. The van der Waals surface area contributed by atoms with Crippen LogP contribution in [0.25, 0.3) is 0 Å². The number of rotatable bonds is 0. The van der Waals surface area contributed by atoms with Crippen LogP contribution in [0.3, 0.4) is 0 Å². The third-order valence-electron chi connectivity index (χ3n) is 1.52. The Balaban J connectivity index is 0.000000180.